The van der Waals surface area contributed by atoms with Crippen molar-refractivity contribution in [2.75, 3.05) is 5.32 Å². The third-order valence-electron chi connectivity index (χ3n) is 6.60. The highest BCUT2D eigenvalue weighted by Crippen LogP contribution is 2.42. The van der Waals surface area contributed by atoms with Gasteiger partial charge in [-0.25, -0.2) is 9.37 Å². The van der Waals surface area contributed by atoms with E-state index in [9.17, 15) is 4.39 Å². The number of nitrogens with zero attached hydrogens (tertiary/aromatic N) is 5. The number of rotatable bonds is 4. The van der Waals surface area contributed by atoms with Crippen LogP contribution in [0.4, 0.5) is 10.3 Å². The lowest BCUT2D eigenvalue weighted by Gasteiger charge is -2.26. The lowest BCUT2D eigenvalue weighted by molar-refractivity contribution is 0.621. The topological polar surface area (TPSA) is 94.0 Å². The van der Waals surface area contributed by atoms with Crippen LogP contribution in [0.5, 0.6) is 0 Å². The van der Waals surface area contributed by atoms with Crippen LogP contribution in [0.15, 0.2) is 54.5 Å². The number of fused-ring (bicyclic) bond motifs is 3. The lowest BCUT2D eigenvalue weighted by atomic mass is 9.88. The van der Waals surface area contributed by atoms with Gasteiger partial charge in [-0.05, 0) is 55.4 Å². The Labute approximate surface area is 190 Å². The van der Waals surface area contributed by atoms with Gasteiger partial charge < -0.3 is 11.1 Å². The summed E-state index contributed by atoms with van der Waals surface area (Å²) in [6, 6.07) is 10.0. The lowest BCUT2D eigenvalue weighted by Crippen LogP contribution is -2.25. The Morgan fingerprint density at radius 1 is 1.18 bits per heavy atom. The number of aromatic nitrogens is 5. The van der Waals surface area contributed by atoms with E-state index in [1.165, 1.54) is 29.0 Å². The molecule has 0 bridgehead atoms. The average molecular weight is 442 g/mol. The molecule has 0 amide bonds. The SMILES string of the molecule is C[C@H](N)c1cnn2c(N[C@@H]3CCC4=C(C3)c3ccccc3C4)nc(-c3cncc(F)c3)nc12. The molecule has 8 heteroatoms. The predicted molar refractivity (Wildman–Crippen MR) is 125 cm³/mol. The summed E-state index contributed by atoms with van der Waals surface area (Å²) in [7, 11) is 0. The zero-order valence-corrected chi connectivity index (χ0v) is 18.3. The van der Waals surface area contributed by atoms with E-state index in [0.717, 1.165) is 31.2 Å². The van der Waals surface area contributed by atoms with Gasteiger partial charge in [-0.15, -0.1) is 0 Å². The first-order chi connectivity index (χ1) is 16.1. The summed E-state index contributed by atoms with van der Waals surface area (Å²) in [6.07, 6.45) is 8.51. The second-order valence-electron chi connectivity index (χ2n) is 8.89. The van der Waals surface area contributed by atoms with Gasteiger partial charge in [0.2, 0.25) is 5.95 Å². The van der Waals surface area contributed by atoms with E-state index in [1.807, 2.05) is 6.92 Å². The quantitative estimate of drug-likeness (QED) is 0.490. The van der Waals surface area contributed by atoms with Crippen LogP contribution in [0.25, 0.3) is 22.6 Å². The number of hydrogen-bond acceptors (Lipinski definition) is 6. The Bertz CT molecular complexity index is 1410. The largest absolute Gasteiger partial charge is 0.351 e. The Morgan fingerprint density at radius 2 is 2.06 bits per heavy atom. The highest BCUT2D eigenvalue weighted by molar-refractivity contribution is 5.77. The minimum atomic E-state index is -0.432. The van der Waals surface area contributed by atoms with Crippen molar-refractivity contribution in [1.29, 1.82) is 0 Å². The van der Waals surface area contributed by atoms with E-state index in [-0.39, 0.29) is 12.1 Å². The molecule has 1 aromatic carbocycles. The van der Waals surface area contributed by atoms with E-state index in [2.05, 4.69) is 44.6 Å². The van der Waals surface area contributed by atoms with Crippen LogP contribution in [0.1, 0.15) is 48.9 Å². The van der Waals surface area contributed by atoms with Gasteiger partial charge in [-0.2, -0.15) is 14.6 Å². The molecule has 0 spiro atoms. The normalized spacial score (nSPS) is 18.3. The number of benzene rings is 1. The molecule has 3 heterocycles. The van der Waals surface area contributed by atoms with Crippen LogP contribution in [0, 0.1) is 5.82 Å². The second-order valence-corrected chi connectivity index (χ2v) is 8.89. The number of nitrogens with one attached hydrogen (secondary N) is 1. The smallest absolute Gasteiger partial charge is 0.228 e. The molecule has 4 aromatic rings. The van der Waals surface area contributed by atoms with Crippen molar-refractivity contribution < 1.29 is 4.39 Å². The van der Waals surface area contributed by atoms with Gasteiger partial charge in [0.25, 0.3) is 0 Å². The minimum Gasteiger partial charge on any atom is -0.351 e. The molecule has 7 nitrogen and oxygen atoms in total. The Kier molecular flexibility index (Phi) is 4.69. The Hall–Kier alpha value is -3.65. The molecule has 0 saturated heterocycles. The van der Waals surface area contributed by atoms with E-state index in [4.69, 9.17) is 10.7 Å². The van der Waals surface area contributed by atoms with E-state index in [0.29, 0.717) is 23.0 Å². The zero-order chi connectivity index (χ0) is 22.5. The van der Waals surface area contributed by atoms with Crippen LogP contribution in [-0.4, -0.2) is 30.6 Å². The van der Waals surface area contributed by atoms with Crippen molar-refractivity contribution in [2.45, 2.75) is 44.7 Å². The molecule has 0 saturated carbocycles. The van der Waals surface area contributed by atoms with Crippen LogP contribution < -0.4 is 11.1 Å². The van der Waals surface area contributed by atoms with Gasteiger partial charge in [0, 0.05) is 29.4 Å². The fourth-order valence-corrected chi connectivity index (χ4v) is 4.96. The maximum Gasteiger partial charge on any atom is 0.228 e. The Balaban J connectivity index is 1.38. The summed E-state index contributed by atoms with van der Waals surface area (Å²) in [6.45, 7) is 1.89. The Morgan fingerprint density at radius 3 is 2.91 bits per heavy atom. The van der Waals surface area contributed by atoms with Crippen LogP contribution in [0.2, 0.25) is 0 Å². The monoisotopic (exact) mass is 441 g/mol. The highest BCUT2D eigenvalue weighted by atomic mass is 19.1. The van der Waals surface area contributed by atoms with Gasteiger partial charge in [0.05, 0.1) is 12.4 Å². The number of allylic oxidation sites excluding steroid dienone is 1. The van der Waals surface area contributed by atoms with E-state index in [1.54, 1.807) is 22.5 Å². The van der Waals surface area contributed by atoms with Crippen LogP contribution in [0.3, 0.4) is 0 Å². The van der Waals surface area contributed by atoms with Crippen molar-refractivity contribution in [3.63, 3.8) is 0 Å². The van der Waals surface area contributed by atoms with Gasteiger partial charge >= 0.3 is 0 Å². The minimum absolute atomic E-state index is 0.203. The molecule has 6 rings (SSSR count). The third-order valence-corrected chi connectivity index (χ3v) is 6.60. The fourth-order valence-electron chi connectivity index (χ4n) is 4.96. The number of nitrogens with two attached hydrogens (primary N) is 1. The molecule has 166 valence electrons. The van der Waals surface area contributed by atoms with Gasteiger partial charge in [0.1, 0.15) is 5.82 Å². The molecule has 2 atom stereocenters. The van der Waals surface area contributed by atoms with Gasteiger partial charge in [-0.3, -0.25) is 4.98 Å². The van der Waals surface area contributed by atoms with Crippen molar-refractivity contribution >= 4 is 17.2 Å². The van der Waals surface area contributed by atoms with Crippen molar-refractivity contribution in [1.82, 2.24) is 24.6 Å². The molecule has 2 aliphatic carbocycles. The molecule has 0 fully saturated rings. The summed E-state index contributed by atoms with van der Waals surface area (Å²) in [5.41, 5.74) is 13.9. The first-order valence-corrected chi connectivity index (χ1v) is 11.2. The zero-order valence-electron chi connectivity index (χ0n) is 18.3. The summed E-state index contributed by atoms with van der Waals surface area (Å²) in [5.74, 6) is 0.533. The van der Waals surface area contributed by atoms with Crippen LogP contribution in [-0.2, 0) is 6.42 Å². The summed E-state index contributed by atoms with van der Waals surface area (Å²) >= 11 is 0. The third kappa shape index (κ3) is 3.47. The fraction of sp³-hybridized carbons (Fsp3) is 0.280. The maximum absolute atomic E-state index is 13.9. The standard InChI is InChI=1S/C25H24FN7/c1-14(27)22-13-29-33-24(22)31-23(17-9-18(26)12-28-11-17)32-25(33)30-19-7-6-16-8-15-4-2-3-5-20(15)21(16)10-19/h2-5,9,11-14,19H,6-8,10,27H2,1H3,(H,30,31,32)/t14-,19+/m0/s1. The summed E-state index contributed by atoms with van der Waals surface area (Å²) in [5, 5.41) is 8.11. The number of hydrogen-bond donors (Lipinski definition) is 2. The maximum atomic E-state index is 13.9. The average Bonchev–Trinajstić information content (AvgIpc) is 3.41. The molecule has 0 radical (unpaired) electrons. The van der Waals surface area contributed by atoms with Crippen molar-refractivity contribution in [3.8, 4) is 11.4 Å². The van der Waals surface area contributed by atoms with Gasteiger partial charge in [0.15, 0.2) is 11.5 Å². The molecule has 2 aliphatic rings. The number of pyridine rings is 1. The molecule has 0 aliphatic heterocycles. The highest BCUT2D eigenvalue weighted by Gasteiger charge is 2.29. The number of halogens is 1. The molecule has 0 unspecified atom stereocenters. The molecular weight excluding hydrogens is 417 g/mol. The first kappa shape index (κ1) is 20.0. The summed E-state index contributed by atoms with van der Waals surface area (Å²) in [4.78, 5) is 13.3. The molecular formula is C25H24FN7. The van der Waals surface area contributed by atoms with Gasteiger partial charge in [-0.1, -0.05) is 29.8 Å². The predicted octanol–water partition coefficient (Wildman–Crippen LogP) is 4.32. The second kappa shape index (κ2) is 7.74. The molecule has 3 N–H and O–H groups in total. The van der Waals surface area contributed by atoms with E-state index < -0.39 is 5.82 Å². The van der Waals surface area contributed by atoms with Crippen molar-refractivity contribution in [2.24, 2.45) is 5.73 Å². The van der Waals surface area contributed by atoms with Crippen molar-refractivity contribution in [3.05, 3.63) is 77.0 Å². The molecule has 3 aromatic heterocycles. The number of anilines is 1. The summed E-state index contributed by atoms with van der Waals surface area (Å²) < 4.78 is 15.6. The van der Waals surface area contributed by atoms with Crippen LogP contribution >= 0.6 is 0 Å². The van der Waals surface area contributed by atoms with E-state index >= 15 is 0 Å². The molecule has 33 heavy (non-hydrogen) atoms. The first-order valence-electron chi connectivity index (χ1n) is 11.2.